The lowest BCUT2D eigenvalue weighted by molar-refractivity contribution is -0.140. The van der Waals surface area contributed by atoms with Gasteiger partial charge >= 0.3 is 11.9 Å². The van der Waals surface area contributed by atoms with Crippen molar-refractivity contribution < 1.29 is 29.7 Å². The molecule has 7 heteroatoms. The van der Waals surface area contributed by atoms with Crippen molar-refractivity contribution in [3.8, 4) is 5.75 Å². The number of amides is 1. The zero-order chi connectivity index (χ0) is 15.3. The molecule has 0 heterocycles. The fraction of sp³-hybridized carbons (Fsp3) is 0.308. The molecular formula is C13H15NO6. The third kappa shape index (κ3) is 3.98. The first kappa shape index (κ1) is 15.5. The van der Waals surface area contributed by atoms with E-state index in [0.717, 1.165) is 0 Å². The van der Waals surface area contributed by atoms with E-state index >= 15 is 0 Å². The van der Waals surface area contributed by atoms with Gasteiger partial charge in [0.2, 0.25) is 0 Å². The Bertz CT molecular complexity index is 540. The number of aromatic hydroxyl groups is 1. The summed E-state index contributed by atoms with van der Waals surface area (Å²) < 4.78 is 0. The minimum Gasteiger partial charge on any atom is -0.508 e. The number of phenols is 1. The molecule has 4 N–H and O–H groups in total. The summed E-state index contributed by atoms with van der Waals surface area (Å²) in [4.78, 5) is 33.4. The van der Waals surface area contributed by atoms with Gasteiger partial charge in [0.1, 0.15) is 11.8 Å². The Morgan fingerprint density at radius 1 is 1.25 bits per heavy atom. The van der Waals surface area contributed by atoms with Crippen LogP contribution in [0.3, 0.4) is 0 Å². The van der Waals surface area contributed by atoms with Crippen LogP contribution in [0.4, 0.5) is 0 Å². The van der Waals surface area contributed by atoms with E-state index in [9.17, 15) is 19.5 Å². The SMILES string of the molecule is Cc1c(O)cccc1C(=O)NC(CCC(=O)O)C(=O)O. The molecule has 1 unspecified atom stereocenters. The number of hydrogen-bond donors (Lipinski definition) is 4. The maximum Gasteiger partial charge on any atom is 0.326 e. The molecule has 0 fully saturated rings. The number of aliphatic carboxylic acids is 2. The summed E-state index contributed by atoms with van der Waals surface area (Å²) in [6.07, 6.45) is -0.579. The van der Waals surface area contributed by atoms with Crippen LogP contribution >= 0.6 is 0 Å². The Labute approximate surface area is 114 Å². The van der Waals surface area contributed by atoms with Crippen LogP contribution in [-0.2, 0) is 9.59 Å². The Kier molecular flexibility index (Phi) is 5.08. The molecule has 1 amide bonds. The molecule has 0 saturated heterocycles. The first-order valence-corrected chi connectivity index (χ1v) is 5.87. The van der Waals surface area contributed by atoms with Crippen LogP contribution in [0, 0.1) is 6.92 Å². The predicted octanol–water partition coefficient (Wildman–Crippen LogP) is 0.748. The van der Waals surface area contributed by atoms with Crippen LogP contribution in [0.1, 0.15) is 28.8 Å². The van der Waals surface area contributed by atoms with E-state index in [1.807, 2.05) is 0 Å². The van der Waals surface area contributed by atoms with Crippen LogP contribution in [0.2, 0.25) is 0 Å². The van der Waals surface area contributed by atoms with Crippen LogP contribution in [0.5, 0.6) is 5.75 Å². The molecule has 0 aliphatic rings. The summed E-state index contributed by atoms with van der Waals surface area (Å²) in [6, 6.07) is 3.02. The van der Waals surface area contributed by atoms with Gasteiger partial charge in [-0.1, -0.05) is 6.07 Å². The monoisotopic (exact) mass is 281 g/mol. The van der Waals surface area contributed by atoms with E-state index < -0.39 is 23.9 Å². The van der Waals surface area contributed by atoms with Gasteiger partial charge in [0.05, 0.1) is 0 Å². The lowest BCUT2D eigenvalue weighted by atomic mass is 10.1. The number of phenolic OH excluding ortho intramolecular Hbond substituents is 1. The van der Waals surface area contributed by atoms with Crippen molar-refractivity contribution in [2.24, 2.45) is 0 Å². The van der Waals surface area contributed by atoms with Crippen molar-refractivity contribution in [1.82, 2.24) is 5.32 Å². The number of hydrogen-bond acceptors (Lipinski definition) is 4. The summed E-state index contributed by atoms with van der Waals surface area (Å²) in [7, 11) is 0. The van der Waals surface area contributed by atoms with E-state index in [2.05, 4.69) is 5.32 Å². The minimum absolute atomic E-state index is 0.0740. The largest absolute Gasteiger partial charge is 0.508 e. The van der Waals surface area contributed by atoms with E-state index in [1.54, 1.807) is 0 Å². The minimum atomic E-state index is -1.31. The number of carboxylic acid groups (broad SMARTS) is 2. The average Bonchev–Trinajstić information content (AvgIpc) is 2.36. The van der Waals surface area contributed by atoms with Gasteiger partial charge in [-0.2, -0.15) is 0 Å². The van der Waals surface area contributed by atoms with Gasteiger partial charge in [-0.3, -0.25) is 9.59 Å². The smallest absolute Gasteiger partial charge is 0.326 e. The summed E-state index contributed by atoms with van der Waals surface area (Å²) >= 11 is 0. The zero-order valence-electron chi connectivity index (χ0n) is 10.8. The summed E-state index contributed by atoms with van der Waals surface area (Å²) in [5.74, 6) is -3.19. The maximum absolute atomic E-state index is 11.9. The van der Waals surface area contributed by atoms with Crippen LogP contribution in [0.15, 0.2) is 18.2 Å². The lowest BCUT2D eigenvalue weighted by Gasteiger charge is -2.14. The average molecular weight is 281 g/mol. The molecule has 0 saturated carbocycles. The molecule has 0 spiro atoms. The van der Waals surface area contributed by atoms with Gasteiger partial charge in [0, 0.05) is 17.5 Å². The third-order valence-corrected chi connectivity index (χ3v) is 2.80. The highest BCUT2D eigenvalue weighted by Crippen LogP contribution is 2.19. The van der Waals surface area contributed by atoms with Gasteiger partial charge in [0.15, 0.2) is 0 Å². The van der Waals surface area contributed by atoms with Crippen molar-refractivity contribution in [2.45, 2.75) is 25.8 Å². The van der Waals surface area contributed by atoms with E-state index in [0.29, 0.717) is 5.56 Å². The van der Waals surface area contributed by atoms with Gasteiger partial charge in [-0.15, -0.1) is 0 Å². The van der Waals surface area contributed by atoms with Crippen molar-refractivity contribution in [3.05, 3.63) is 29.3 Å². The first-order valence-electron chi connectivity index (χ1n) is 5.87. The number of benzene rings is 1. The van der Waals surface area contributed by atoms with E-state index in [4.69, 9.17) is 10.2 Å². The number of carboxylic acids is 2. The zero-order valence-corrected chi connectivity index (χ0v) is 10.8. The molecule has 1 aromatic carbocycles. The quantitative estimate of drug-likeness (QED) is 0.610. The van der Waals surface area contributed by atoms with Crippen molar-refractivity contribution in [1.29, 1.82) is 0 Å². The fourth-order valence-electron chi connectivity index (χ4n) is 1.63. The topological polar surface area (TPSA) is 124 Å². The lowest BCUT2D eigenvalue weighted by Crippen LogP contribution is -2.41. The Morgan fingerprint density at radius 3 is 2.45 bits per heavy atom. The second kappa shape index (κ2) is 6.55. The number of rotatable bonds is 6. The van der Waals surface area contributed by atoms with Gasteiger partial charge in [-0.05, 0) is 25.5 Å². The standard InChI is InChI=1S/C13H15NO6/c1-7-8(3-2-4-10(7)15)12(18)14-9(13(19)20)5-6-11(16)17/h2-4,9,15H,5-6H2,1H3,(H,14,18)(H,16,17)(H,19,20). The molecule has 108 valence electrons. The van der Waals surface area contributed by atoms with Crippen LogP contribution < -0.4 is 5.32 Å². The Hall–Kier alpha value is -2.57. The van der Waals surface area contributed by atoms with Gasteiger partial charge < -0.3 is 20.6 Å². The third-order valence-electron chi connectivity index (χ3n) is 2.80. The molecular weight excluding hydrogens is 266 g/mol. The second-order valence-corrected chi connectivity index (χ2v) is 4.25. The summed E-state index contributed by atoms with van der Waals surface area (Å²) in [6.45, 7) is 1.53. The van der Waals surface area contributed by atoms with E-state index in [-0.39, 0.29) is 24.2 Å². The number of carbonyl (C=O) groups is 3. The normalized spacial score (nSPS) is 11.7. The highest BCUT2D eigenvalue weighted by atomic mass is 16.4. The molecule has 1 aromatic rings. The summed E-state index contributed by atoms with van der Waals surface area (Å²) in [5, 5.41) is 29.2. The molecule has 1 atom stereocenters. The van der Waals surface area contributed by atoms with Crippen molar-refractivity contribution in [2.75, 3.05) is 0 Å². The molecule has 20 heavy (non-hydrogen) atoms. The van der Waals surface area contributed by atoms with Crippen LogP contribution in [-0.4, -0.2) is 39.2 Å². The fourth-order valence-corrected chi connectivity index (χ4v) is 1.63. The molecule has 7 nitrogen and oxygen atoms in total. The molecule has 0 aliphatic carbocycles. The van der Waals surface area contributed by atoms with E-state index in [1.165, 1.54) is 25.1 Å². The highest BCUT2D eigenvalue weighted by Gasteiger charge is 2.22. The number of nitrogens with one attached hydrogen (secondary N) is 1. The molecule has 1 rings (SSSR count). The van der Waals surface area contributed by atoms with Crippen LogP contribution in [0.25, 0.3) is 0 Å². The molecule has 0 bridgehead atoms. The number of carbonyl (C=O) groups excluding carboxylic acids is 1. The Morgan fingerprint density at radius 2 is 1.90 bits per heavy atom. The predicted molar refractivity (Wildman–Crippen MR) is 68.6 cm³/mol. The van der Waals surface area contributed by atoms with Gasteiger partial charge in [-0.25, -0.2) is 4.79 Å². The molecule has 0 aliphatic heterocycles. The van der Waals surface area contributed by atoms with Crippen molar-refractivity contribution >= 4 is 17.8 Å². The van der Waals surface area contributed by atoms with Gasteiger partial charge in [0.25, 0.3) is 5.91 Å². The first-order chi connectivity index (χ1) is 9.32. The molecule has 0 radical (unpaired) electrons. The second-order valence-electron chi connectivity index (χ2n) is 4.25. The van der Waals surface area contributed by atoms with Crippen molar-refractivity contribution in [3.63, 3.8) is 0 Å². The Balaban J connectivity index is 2.83. The highest BCUT2D eigenvalue weighted by molar-refractivity contribution is 5.98. The molecule has 0 aromatic heterocycles. The summed E-state index contributed by atoms with van der Waals surface area (Å²) in [5.41, 5.74) is 0.471. The maximum atomic E-state index is 11.9.